The minimum absolute atomic E-state index is 0.106. The third kappa shape index (κ3) is 3.16. The van der Waals surface area contributed by atoms with E-state index >= 15 is 0 Å². The molecule has 3 N–H and O–H groups in total. The second kappa shape index (κ2) is 7.89. The Bertz CT molecular complexity index is 957. The van der Waals surface area contributed by atoms with Gasteiger partial charge >= 0.3 is 0 Å². The number of aliphatic hydroxyl groups is 2. The van der Waals surface area contributed by atoms with Crippen molar-refractivity contribution in [2.45, 2.75) is 31.8 Å². The van der Waals surface area contributed by atoms with Crippen LogP contribution in [0.25, 0.3) is 5.65 Å². The van der Waals surface area contributed by atoms with Crippen molar-refractivity contribution >= 4 is 11.3 Å². The first-order valence-corrected chi connectivity index (χ1v) is 9.37. The minimum atomic E-state index is -0.807. The molecule has 0 saturated carbocycles. The summed E-state index contributed by atoms with van der Waals surface area (Å²) in [6.07, 6.45) is 0.558. The van der Waals surface area contributed by atoms with Gasteiger partial charge < -0.3 is 29.4 Å². The lowest BCUT2D eigenvalue weighted by Crippen LogP contribution is -2.38. The number of aryl methyl sites for hydroxylation is 1. The molecule has 0 aliphatic carbocycles. The molecule has 0 amide bonds. The Balaban J connectivity index is 1.85. The highest BCUT2D eigenvalue weighted by Crippen LogP contribution is 2.43. The number of benzene rings is 1. The fourth-order valence-electron chi connectivity index (χ4n) is 3.85. The lowest BCUT2D eigenvalue weighted by atomic mass is 9.89. The van der Waals surface area contributed by atoms with E-state index in [1.807, 2.05) is 53.9 Å². The van der Waals surface area contributed by atoms with Crippen molar-refractivity contribution in [1.29, 1.82) is 0 Å². The van der Waals surface area contributed by atoms with Crippen LogP contribution in [0.15, 0.2) is 42.6 Å². The van der Waals surface area contributed by atoms with E-state index in [1.165, 1.54) is 0 Å². The molecule has 3 heterocycles. The molecule has 4 rings (SSSR count). The van der Waals surface area contributed by atoms with Gasteiger partial charge in [0.15, 0.2) is 5.65 Å². The summed E-state index contributed by atoms with van der Waals surface area (Å²) in [6, 6.07) is 11.4. The summed E-state index contributed by atoms with van der Waals surface area (Å²) in [5.41, 5.74) is 5.27. The van der Waals surface area contributed by atoms with E-state index < -0.39 is 12.2 Å². The van der Waals surface area contributed by atoms with Crippen LogP contribution < -0.4 is 5.32 Å². The first-order chi connectivity index (χ1) is 13.7. The van der Waals surface area contributed by atoms with E-state index in [-0.39, 0.29) is 19.3 Å². The number of methoxy groups -OCH3 is 1. The SMILES string of the molecule is COCc1nc2c3c(ccn2c1C)[C@H](OCCO)[C@H](O)[C@@H](c1ccccc1)N3. The molecule has 7 nitrogen and oxygen atoms in total. The van der Waals surface area contributed by atoms with Gasteiger partial charge in [-0.25, -0.2) is 4.98 Å². The van der Waals surface area contributed by atoms with Crippen LogP contribution in [0.5, 0.6) is 0 Å². The Kier molecular flexibility index (Phi) is 5.32. The lowest BCUT2D eigenvalue weighted by molar-refractivity contribution is -0.0597. The first-order valence-electron chi connectivity index (χ1n) is 9.37. The summed E-state index contributed by atoms with van der Waals surface area (Å²) in [4.78, 5) is 4.77. The number of nitrogens with zero attached hydrogens (tertiary/aromatic N) is 2. The molecule has 0 saturated heterocycles. The van der Waals surface area contributed by atoms with E-state index in [9.17, 15) is 10.2 Å². The van der Waals surface area contributed by atoms with Crippen LogP contribution in [0, 0.1) is 6.92 Å². The van der Waals surface area contributed by atoms with Crippen molar-refractivity contribution in [1.82, 2.24) is 9.38 Å². The number of hydrogen-bond acceptors (Lipinski definition) is 6. The maximum Gasteiger partial charge on any atom is 0.161 e. The van der Waals surface area contributed by atoms with Crippen LogP contribution in [0.3, 0.4) is 0 Å². The van der Waals surface area contributed by atoms with Gasteiger partial charge in [0.25, 0.3) is 0 Å². The highest BCUT2D eigenvalue weighted by atomic mass is 16.5. The van der Waals surface area contributed by atoms with Crippen LogP contribution in [-0.4, -0.2) is 46.0 Å². The molecule has 2 aromatic heterocycles. The largest absolute Gasteiger partial charge is 0.394 e. The highest BCUT2D eigenvalue weighted by molar-refractivity contribution is 5.75. The average molecular weight is 383 g/mol. The summed E-state index contributed by atoms with van der Waals surface area (Å²) in [5.74, 6) is 0. The Morgan fingerprint density at radius 1 is 1.21 bits per heavy atom. The normalized spacial score (nSPS) is 21.5. The number of pyridine rings is 1. The second-order valence-corrected chi connectivity index (χ2v) is 6.95. The standard InChI is InChI=1S/C21H25N3O4/c1-13-16(12-27-2)22-21-18-15(8-9-24(13)21)20(28-11-10-25)19(26)17(23-18)14-6-4-3-5-7-14/h3-9,17,19-20,23,25-26H,10-12H2,1-2H3/t17-,19-,20+/m1/s1. The van der Waals surface area contributed by atoms with E-state index in [4.69, 9.17) is 14.5 Å². The molecule has 7 heteroatoms. The van der Waals surface area contributed by atoms with Crippen molar-refractivity contribution in [3.63, 3.8) is 0 Å². The van der Waals surface area contributed by atoms with Crippen LogP contribution in [0.4, 0.5) is 5.69 Å². The van der Waals surface area contributed by atoms with Gasteiger partial charge in [-0.3, -0.25) is 0 Å². The molecular formula is C21H25N3O4. The molecule has 1 aromatic carbocycles. The quantitative estimate of drug-likeness (QED) is 0.606. The molecule has 0 spiro atoms. The van der Waals surface area contributed by atoms with E-state index in [1.54, 1.807) is 7.11 Å². The zero-order valence-corrected chi connectivity index (χ0v) is 16.0. The van der Waals surface area contributed by atoms with Crippen LogP contribution >= 0.6 is 0 Å². The third-order valence-electron chi connectivity index (χ3n) is 5.25. The van der Waals surface area contributed by atoms with Crippen molar-refractivity contribution in [2.75, 3.05) is 25.6 Å². The fourth-order valence-corrected chi connectivity index (χ4v) is 3.85. The summed E-state index contributed by atoms with van der Waals surface area (Å²) in [6.45, 7) is 2.48. The Hall–Kier alpha value is -2.45. The van der Waals surface area contributed by atoms with Gasteiger partial charge in [0.2, 0.25) is 0 Å². The number of nitrogens with one attached hydrogen (secondary N) is 1. The van der Waals surface area contributed by atoms with Gasteiger partial charge in [-0.05, 0) is 18.6 Å². The number of aromatic nitrogens is 2. The van der Waals surface area contributed by atoms with Crippen LogP contribution in [-0.2, 0) is 16.1 Å². The molecule has 0 bridgehead atoms. The number of hydrogen-bond donors (Lipinski definition) is 3. The Morgan fingerprint density at radius 2 is 2.00 bits per heavy atom. The molecule has 28 heavy (non-hydrogen) atoms. The number of rotatable bonds is 6. The summed E-state index contributed by atoms with van der Waals surface area (Å²) in [7, 11) is 1.65. The number of fused-ring (bicyclic) bond motifs is 3. The highest BCUT2D eigenvalue weighted by Gasteiger charge is 2.38. The molecule has 0 fully saturated rings. The number of anilines is 1. The number of aliphatic hydroxyl groups excluding tert-OH is 2. The summed E-state index contributed by atoms with van der Waals surface area (Å²) in [5, 5.41) is 23.8. The smallest absolute Gasteiger partial charge is 0.161 e. The van der Waals surface area contributed by atoms with Crippen molar-refractivity contribution in [3.05, 3.63) is 65.1 Å². The molecule has 148 valence electrons. The minimum Gasteiger partial charge on any atom is -0.394 e. The van der Waals surface area contributed by atoms with Gasteiger partial charge in [0.1, 0.15) is 12.2 Å². The lowest BCUT2D eigenvalue weighted by Gasteiger charge is -2.38. The molecule has 0 radical (unpaired) electrons. The number of imidazole rings is 1. The van der Waals surface area contributed by atoms with Crippen LogP contribution in [0.1, 0.15) is 34.7 Å². The molecule has 0 unspecified atom stereocenters. The Morgan fingerprint density at radius 3 is 2.71 bits per heavy atom. The number of ether oxygens (including phenoxy) is 2. The summed E-state index contributed by atoms with van der Waals surface area (Å²) < 4.78 is 13.1. The van der Waals surface area contributed by atoms with Crippen molar-refractivity contribution in [2.24, 2.45) is 0 Å². The van der Waals surface area contributed by atoms with Gasteiger partial charge in [0.05, 0.1) is 37.2 Å². The van der Waals surface area contributed by atoms with Gasteiger partial charge in [-0.15, -0.1) is 0 Å². The second-order valence-electron chi connectivity index (χ2n) is 6.95. The third-order valence-corrected chi connectivity index (χ3v) is 5.25. The van der Waals surface area contributed by atoms with Crippen LogP contribution in [0.2, 0.25) is 0 Å². The van der Waals surface area contributed by atoms with Gasteiger partial charge in [0, 0.05) is 24.6 Å². The maximum atomic E-state index is 11.1. The van der Waals surface area contributed by atoms with E-state index in [0.717, 1.165) is 33.8 Å². The maximum absolute atomic E-state index is 11.1. The Labute approximate surface area is 163 Å². The topological polar surface area (TPSA) is 88.3 Å². The fraction of sp³-hybridized carbons (Fsp3) is 0.381. The molecular weight excluding hydrogens is 358 g/mol. The zero-order chi connectivity index (χ0) is 19.7. The molecule has 3 atom stereocenters. The zero-order valence-electron chi connectivity index (χ0n) is 16.0. The predicted molar refractivity (Wildman–Crippen MR) is 105 cm³/mol. The van der Waals surface area contributed by atoms with Gasteiger partial charge in [-0.2, -0.15) is 0 Å². The van der Waals surface area contributed by atoms with Crippen molar-refractivity contribution in [3.8, 4) is 0 Å². The van der Waals surface area contributed by atoms with Crippen molar-refractivity contribution < 1.29 is 19.7 Å². The molecule has 1 aliphatic heterocycles. The molecule has 3 aromatic rings. The van der Waals surface area contributed by atoms with E-state index in [2.05, 4.69) is 5.32 Å². The first kappa shape index (κ1) is 18.9. The summed E-state index contributed by atoms with van der Waals surface area (Å²) >= 11 is 0. The monoisotopic (exact) mass is 383 g/mol. The van der Waals surface area contributed by atoms with Gasteiger partial charge in [-0.1, -0.05) is 30.3 Å². The molecule has 1 aliphatic rings. The van der Waals surface area contributed by atoms with E-state index in [0.29, 0.717) is 6.61 Å². The average Bonchev–Trinajstić information content (AvgIpc) is 3.04. The predicted octanol–water partition coefficient (Wildman–Crippen LogP) is 2.37.